The van der Waals surface area contributed by atoms with E-state index >= 15 is 0 Å². The van der Waals surface area contributed by atoms with Crippen LogP contribution in [-0.2, 0) is 14.3 Å². The van der Waals surface area contributed by atoms with Crippen LogP contribution in [0.1, 0.15) is 277 Å². The van der Waals surface area contributed by atoms with Gasteiger partial charge in [-0.3, -0.25) is 9.59 Å². The molecule has 0 saturated heterocycles. The number of aliphatic hydroxyl groups is 2. The van der Waals surface area contributed by atoms with Crippen molar-refractivity contribution in [1.82, 2.24) is 5.32 Å². The number of unbranched alkanes of at least 4 members (excludes halogenated alkanes) is 33. The molecular formula is C53H101NO5. The van der Waals surface area contributed by atoms with E-state index in [1.807, 2.05) is 0 Å². The van der Waals surface area contributed by atoms with Crippen molar-refractivity contribution in [2.45, 2.75) is 289 Å². The third kappa shape index (κ3) is 45.7. The molecule has 0 spiro atoms. The third-order valence-corrected chi connectivity index (χ3v) is 12.0. The second-order valence-corrected chi connectivity index (χ2v) is 17.8. The number of carbonyl (C=O) groups is 2. The summed E-state index contributed by atoms with van der Waals surface area (Å²) in [5, 5.41) is 23.1. The molecule has 0 fully saturated rings. The van der Waals surface area contributed by atoms with Crippen molar-refractivity contribution in [1.29, 1.82) is 0 Å². The average molecular weight is 832 g/mol. The van der Waals surface area contributed by atoms with Crippen LogP contribution in [0.25, 0.3) is 0 Å². The second-order valence-electron chi connectivity index (χ2n) is 17.8. The first-order valence-electron chi connectivity index (χ1n) is 26.1. The topological polar surface area (TPSA) is 95.9 Å². The molecule has 0 aliphatic carbocycles. The fourth-order valence-electron chi connectivity index (χ4n) is 7.92. The lowest BCUT2D eigenvalue weighted by molar-refractivity contribution is -0.143. The first-order chi connectivity index (χ1) is 29.0. The number of hydrogen-bond donors (Lipinski definition) is 3. The van der Waals surface area contributed by atoms with Crippen molar-refractivity contribution in [3.05, 3.63) is 24.3 Å². The van der Waals surface area contributed by atoms with E-state index in [9.17, 15) is 19.8 Å². The Bertz CT molecular complexity index is 920. The van der Waals surface area contributed by atoms with Gasteiger partial charge in [-0.15, -0.1) is 0 Å². The molecule has 0 aromatic rings. The number of carbonyl (C=O) groups excluding carboxylic acids is 2. The van der Waals surface area contributed by atoms with Gasteiger partial charge < -0.3 is 20.3 Å². The zero-order valence-electron chi connectivity index (χ0n) is 39.5. The van der Waals surface area contributed by atoms with E-state index in [0.717, 1.165) is 44.9 Å². The smallest absolute Gasteiger partial charge is 0.305 e. The standard InChI is InChI=1S/C53H101NO5/c1-3-5-7-9-11-13-15-27-31-35-39-43-47-53(58)59-48-44-40-36-32-28-25-23-21-19-17-16-18-20-22-24-26-30-34-38-42-46-52(57)54-50(49-55)51(56)45-41-37-33-29-14-12-10-8-6-4-2/h11,13,16,18,50-51,55-56H,3-10,12,14-15,17,19-49H2,1-2H3,(H,54,57)/b13-11-,18-16-. The van der Waals surface area contributed by atoms with Gasteiger partial charge in [0.1, 0.15) is 0 Å². The molecule has 348 valence electrons. The summed E-state index contributed by atoms with van der Waals surface area (Å²) < 4.78 is 5.45. The molecule has 0 saturated carbocycles. The van der Waals surface area contributed by atoms with Gasteiger partial charge >= 0.3 is 5.97 Å². The Labute approximate surface area is 367 Å². The van der Waals surface area contributed by atoms with Crippen LogP contribution in [0.2, 0.25) is 0 Å². The van der Waals surface area contributed by atoms with E-state index in [2.05, 4.69) is 43.5 Å². The Balaban J connectivity index is 3.42. The molecule has 0 radical (unpaired) electrons. The number of allylic oxidation sites excluding steroid dienone is 4. The van der Waals surface area contributed by atoms with Gasteiger partial charge in [0.05, 0.1) is 25.4 Å². The first-order valence-corrected chi connectivity index (χ1v) is 26.1. The molecule has 0 bridgehead atoms. The van der Waals surface area contributed by atoms with Crippen LogP contribution >= 0.6 is 0 Å². The SMILES string of the molecule is CCCCC/C=C\CCCCCCCC(=O)OCCCCCCCCCCC/C=C\CCCCCCCCCC(=O)NC(CO)C(O)CCCCCCCCCCCC. The third-order valence-electron chi connectivity index (χ3n) is 12.0. The quantitative estimate of drug-likeness (QED) is 0.0322. The maximum Gasteiger partial charge on any atom is 0.305 e. The Hall–Kier alpha value is -1.66. The molecule has 6 heteroatoms. The molecule has 0 aromatic carbocycles. The molecule has 3 N–H and O–H groups in total. The summed E-state index contributed by atoms with van der Waals surface area (Å²) in [7, 11) is 0. The monoisotopic (exact) mass is 832 g/mol. The highest BCUT2D eigenvalue weighted by Crippen LogP contribution is 2.16. The number of amides is 1. The van der Waals surface area contributed by atoms with Gasteiger partial charge in [0.2, 0.25) is 5.91 Å². The minimum Gasteiger partial charge on any atom is -0.466 e. The molecule has 2 unspecified atom stereocenters. The average Bonchev–Trinajstić information content (AvgIpc) is 3.24. The van der Waals surface area contributed by atoms with Gasteiger partial charge in [0.25, 0.3) is 0 Å². The van der Waals surface area contributed by atoms with Crippen LogP contribution in [0.5, 0.6) is 0 Å². The van der Waals surface area contributed by atoms with Gasteiger partial charge in [-0.25, -0.2) is 0 Å². The van der Waals surface area contributed by atoms with Crippen LogP contribution in [0.15, 0.2) is 24.3 Å². The summed E-state index contributed by atoms with van der Waals surface area (Å²) in [6, 6.07) is -0.545. The summed E-state index contributed by atoms with van der Waals surface area (Å²) in [5.74, 6) is -0.0500. The largest absolute Gasteiger partial charge is 0.466 e. The number of rotatable bonds is 48. The van der Waals surface area contributed by atoms with Crippen LogP contribution in [0.3, 0.4) is 0 Å². The van der Waals surface area contributed by atoms with Gasteiger partial charge in [0, 0.05) is 12.8 Å². The lowest BCUT2D eigenvalue weighted by Crippen LogP contribution is -2.45. The molecule has 59 heavy (non-hydrogen) atoms. The van der Waals surface area contributed by atoms with E-state index in [0.29, 0.717) is 25.9 Å². The van der Waals surface area contributed by atoms with Crippen molar-refractivity contribution in [3.63, 3.8) is 0 Å². The maximum atomic E-state index is 12.4. The van der Waals surface area contributed by atoms with Crippen molar-refractivity contribution >= 4 is 11.9 Å². The second kappa shape index (κ2) is 49.0. The highest BCUT2D eigenvalue weighted by Gasteiger charge is 2.20. The van der Waals surface area contributed by atoms with E-state index in [1.165, 1.54) is 199 Å². The molecule has 0 aliphatic heterocycles. The van der Waals surface area contributed by atoms with Crippen molar-refractivity contribution in [3.8, 4) is 0 Å². The minimum absolute atomic E-state index is 0.00432. The molecule has 0 rings (SSSR count). The number of ether oxygens (including phenoxy) is 1. The van der Waals surface area contributed by atoms with Crippen molar-refractivity contribution < 1.29 is 24.5 Å². The zero-order valence-corrected chi connectivity index (χ0v) is 39.5. The molecule has 2 atom stereocenters. The molecule has 1 amide bonds. The van der Waals surface area contributed by atoms with Crippen molar-refractivity contribution in [2.24, 2.45) is 0 Å². The Morgan fingerprint density at radius 2 is 0.797 bits per heavy atom. The molecule has 6 nitrogen and oxygen atoms in total. The fraction of sp³-hybridized carbons (Fsp3) is 0.887. The van der Waals surface area contributed by atoms with Gasteiger partial charge in [0.15, 0.2) is 0 Å². The number of aliphatic hydroxyl groups excluding tert-OH is 2. The molecule has 0 aliphatic rings. The lowest BCUT2D eigenvalue weighted by atomic mass is 10.0. The van der Waals surface area contributed by atoms with Crippen LogP contribution < -0.4 is 5.32 Å². The summed E-state index contributed by atoms with van der Waals surface area (Å²) in [6.07, 6.45) is 57.3. The minimum atomic E-state index is -0.667. The predicted octanol–water partition coefficient (Wildman–Crippen LogP) is 15.5. The van der Waals surface area contributed by atoms with Gasteiger partial charge in [-0.05, 0) is 77.0 Å². The molecule has 0 aromatic heterocycles. The molecule has 0 heterocycles. The Morgan fingerprint density at radius 3 is 1.24 bits per heavy atom. The maximum absolute atomic E-state index is 12.4. The number of hydrogen-bond acceptors (Lipinski definition) is 5. The fourth-order valence-corrected chi connectivity index (χ4v) is 7.92. The van der Waals surface area contributed by atoms with Gasteiger partial charge in [-0.1, -0.05) is 212 Å². The normalized spacial score (nSPS) is 12.8. The summed E-state index contributed by atoms with van der Waals surface area (Å²) in [4.78, 5) is 24.4. The van der Waals surface area contributed by atoms with E-state index < -0.39 is 12.1 Å². The zero-order chi connectivity index (χ0) is 43.0. The van der Waals surface area contributed by atoms with Crippen LogP contribution in [0, 0.1) is 0 Å². The highest BCUT2D eigenvalue weighted by atomic mass is 16.5. The predicted molar refractivity (Wildman–Crippen MR) is 255 cm³/mol. The summed E-state index contributed by atoms with van der Waals surface area (Å²) in [5.41, 5.74) is 0. The van der Waals surface area contributed by atoms with Crippen molar-refractivity contribution in [2.75, 3.05) is 13.2 Å². The number of esters is 1. The summed E-state index contributed by atoms with van der Waals surface area (Å²) in [6.45, 7) is 4.90. The summed E-state index contributed by atoms with van der Waals surface area (Å²) >= 11 is 0. The van der Waals surface area contributed by atoms with E-state index in [1.54, 1.807) is 0 Å². The van der Waals surface area contributed by atoms with Crippen LogP contribution in [0.4, 0.5) is 0 Å². The Kier molecular flexibility index (Phi) is 47.6. The Morgan fingerprint density at radius 1 is 0.458 bits per heavy atom. The number of nitrogens with one attached hydrogen (secondary N) is 1. The first kappa shape index (κ1) is 57.3. The highest BCUT2D eigenvalue weighted by molar-refractivity contribution is 5.76. The van der Waals surface area contributed by atoms with Gasteiger partial charge in [-0.2, -0.15) is 0 Å². The molecular weight excluding hydrogens is 731 g/mol. The van der Waals surface area contributed by atoms with E-state index in [4.69, 9.17) is 4.74 Å². The van der Waals surface area contributed by atoms with E-state index in [-0.39, 0.29) is 18.5 Å². The van der Waals surface area contributed by atoms with Crippen LogP contribution in [-0.4, -0.2) is 47.4 Å². The lowest BCUT2D eigenvalue weighted by Gasteiger charge is -2.22.